The van der Waals surface area contributed by atoms with Gasteiger partial charge in [-0.25, -0.2) is 14.5 Å². The molecular formula is C38H46ClN13. The zero-order chi connectivity index (χ0) is 36.9. The molecule has 0 saturated heterocycles. The maximum absolute atomic E-state index is 6.29. The molecule has 7 aromatic heterocycles. The van der Waals surface area contributed by atoms with Crippen molar-refractivity contribution in [2.24, 2.45) is 24.1 Å². The molecule has 3 atom stereocenters. The molecule has 0 amide bonds. The molecule has 7 aromatic rings. The summed E-state index contributed by atoms with van der Waals surface area (Å²) in [5, 5.41) is 19.0. The Balaban J connectivity index is 0.000000159. The molecule has 4 N–H and O–H groups in total. The van der Waals surface area contributed by atoms with Crippen LogP contribution in [0.5, 0.6) is 0 Å². The lowest BCUT2D eigenvalue weighted by atomic mass is 10.1. The molecule has 0 bridgehead atoms. The number of aryl methyl sites for hydroxylation is 5. The number of aromatic nitrogens is 11. The number of nitrogens with zero attached hydrogens (tertiary/aromatic N) is 11. The van der Waals surface area contributed by atoms with Gasteiger partial charge in [-0.15, -0.1) is 0 Å². The van der Waals surface area contributed by atoms with Crippen LogP contribution < -0.4 is 11.7 Å². The Morgan fingerprint density at radius 3 is 2.23 bits per heavy atom. The molecule has 9 rings (SSSR count). The van der Waals surface area contributed by atoms with Crippen LogP contribution in [-0.2, 0) is 20.1 Å². The van der Waals surface area contributed by atoms with Crippen molar-refractivity contribution < 1.29 is 0 Å². The third kappa shape index (κ3) is 6.59. The second-order valence-electron chi connectivity index (χ2n) is 14.4. The smallest absolute Gasteiger partial charge is 0.158 e. The van der Waals surface area contributed by atoms with Gasteiger partial charge in [-0.05, 0) is 94.3 Å². The van der Waals surface area contributed by atoms with E-state index >= 15 is 0 Å². The molecule has 14 heteroatoms. The number of nitrogens with two attached hydrogens (primary N) is 2. The Hall–Kier alpha value is -4.98. The molecule has 2 aliphatic carbocycles. The zero-order valence-electron chi connectivity index (χ0n) is 30.8. The number of halogens is 1. The average Bonchev–Trinajstić information content (AvgIpc) is 3.71. The summed E-state index contributed by atoms with van der Waals surface area (Å²) in [5.74, 6) is 9.36. The van der Waals surface area contributed by atoms with Crippen molar-refractivity contribution in [3.63, 3.8) is 0 Å². The highest BCUT2D eigenvalue weighted by molar-refractivity contribution is 6.30. The topological polar surface area (TPSA) is 161 Å². The molecular weight excluding hydrogens is 674 g/mol. The summed E-state index contributed by atoms with van der Waals surface area (Å²) in [6.07, 6.45) is 7.95. The van der Waals surface area contributed by atoms with Crippen LogP contribution in [0.15, 0.2) is 61.1 Å². The first-order valence-electron chi connectivity index (χ1n) is 17.8. The Kier molecular flexibility index (Phi) is 9.45. The molecule has 13 nitrogen and oxygen atoms in total. The highest BCUT2D eigenvalue weighted by atomic mass is 35.5. The van der Waals surface area contributed by atoms with Crippen molar-refractivity contribution in [3.8, 4) is 22.8 Å². The predicted molar refractivity (Wildman–Crippen MR) is 204 cm³/mol. The van der Waals surface area contributed by atoms with Crippen LogP contribution in [0.1, 0.15) is 86.5 Å². The minimum absolute atomic E-state index is 0.384. The van der Waals surface area contributed by atoms with E-state index in [-0.39, 0.29) is 0 Å². The first-order chi connectivity index (χ1) is 25.0. The van der Waals surface area contributed by atoms with Gasteiger partial charge in [0.15, 0.2) is 10.8 Å². The van der Waals surface area contributed by atoms with Crippen molar-refractivity contribution in [2.75, 3.05) is 0 Å². The lowest BCUT2D eigenvalue weighted by Gasteiger charge is -2.07. The number of fused-ring (bicyclic) bond motifs is 2. The van der Waals surface area contributed by atoms with Gasteiger partial charge in [0.25, 0.3) is 0 Å². The normalized spacial score (nSPS) is 18.5. The summed E-state index contributed by atoms with van der Waals surface area (Å²) in [7, 11) is 1.90. The molecule has 2 aliphatic rings. The minimum Gasteiger partial charge on any atom is -0.274 e. The monoisotopic (exact) mass is 719 g/mol. The number of rotatable bonds is 7. The van der Waals surface area contributed by atoms with E-state index < -0.39 is 0 Å². The van der Waals surface area contributed by atoms with Crippen molar-refractivity contribution in [2.45, 2.75) is 85.2 Å². The van der Waals surface area contributed by atoms with Gasteiger partial charge in [0.1, 0.15) is 0 Å². The largest absolute Gasteiger partial charge is 0.274 e. The fraction of sp³-hybridized carbons (Fsp3) is 0.395. The standard InChI is InChI=1S/C20H22ClN7.C18H20N4.H4N2/c1-5-27-18(17-6-12(3)28-20(23-17)11(2)9-22-28)8-16(24-27)14-7-13(14)15-10-26(4)25-19(15)21;1-4-22-17(10-16(21-22)12-11-18(12,2)3)15-8-7-13-14(20-15)6-5-9-19-13;1-2/h6,8-10,13-14H,5,7H2,1-4H3;5-10,12H,4,11H2,1-3H3;1-2H2. The highest BCUT2D eigenvalue weighted by Gasteiger charge is 2.48. The van der Waals surface area contributed by atoms with Gasteiger partial charge < -0.3 is 0 Å². The summed E-state index contributed by atoms with van der Waals surface area (Å²) in [4.78, 5) is 14.0. The van der Waals surface area contributed by atoms with E-state index in [1.807, 2.05) is 59.8 Å². The molecule has 0 radical (unpaired) electrons. The van der Waals surface area contributed by atoms with Crippen molar-refractivity contribution in [1.82, 2.24) is 53.9 Å². The number of hydrogen-bond donors (Lipinski definition) is 2. The molecule has 0 aliphatic heterocycles. The van der Waals surface area contributed by atoms with Crippen LogP contribution in [0.4, 0.5) is 0 Å². The Morgan fingerprint density at radius 2 is 1.56 bits per heavy atom. The molecule has 270 valence electrons. The third-order valence-corrected chi connectivity index (χ3v) is 10.5. The fourth-order valence-electron chi connectivity index (χ4n) is 7.14. The molecule has 3 unspecified atom stereocenters. The van der Waals surface area contributed by atoms with Gasteiger partial charge in [-0.3, -0.25) is 30.7 Å². The minimum atomic E-state index is 0.384. The molecule has 0 aromatic carbocycles. The highest BCUT2D eigenvalue weighted by Crippen LogP contribution is 2.58. The summed E-state index contributed by atoms with van der Waals surface area (Å²) >= 11 is 6.29. The molecule has 2 fully saturated rings. The molecule has 7 heterocycles. The first-order valence-corrected chi connectivity index (χ1v) is 18.1. The number of hydrazine groups is 1. The maximum Gasteiger partial charge on any atom is 0.158 e. The quantitative estimate of drug-likeness (QED) is 0.134. The van der Waals surface area contributed by atoms with Crippen LogP contribution >= 0.6 is 11.6 Å². The van der Waals surface area contributed by atoms with E-state index in [4.69, 9.17) is 31.8 Å². The SMILES string of the molecule is CCn1nc(C2CC2(C)C)cc1-c1ccc2ncccc2n1.CCn1nc(C2CC2c2cn(C)nc2Cl)cc1-c1cc(C)n2ncc(C)c2n1.NN. The molecule has 0 spiro atoms. The van der Waals surface area contributed by atoms with Gasteiger partial charge in [0, 0.05) is 61.2 Å². The van der Waals surface area contributed by atoms with E-state index in [2.05, 4.69) is 84.4 Å². The van der Waals surface area contributed by atoms with Crippen molar-refractivity contribution in [1.29, 1.82) is 0 Å². The third-order valence-electron chi connectivity index (χ3n) is 10.3. The van der Waals surface area contributed by atoms with Crippen molar-refractivity contribution in [3.05, 3.63) is 94.4 Å². The van der Waals surface area contributed by atoms with E-state index in [0.29, 0.717) is 28.3 Å². The van der Waals surface area contributed by atoms with E-state index in [1.165, 1.54) is 12.1 Å². The fourth-order valence-corrected chi connectivity index (χ4v) is 7.45. The summed E-state index contributed by atoms with van der Waals surface area (Å²) in [6, 6.07) is 14.5. The van der Waals surface area contributed by atoms with E-state index in [0.717, 1.165) is 81.5 Å². The average molecular weight is 720 g/mol. The molecule has 2 saturated carbocycles. The van der Waals surface area contributed by atoms with Crippen LogP contribution in [0, 0.1) is 19.3 Å². The van der Waals surface area contributed by atoms with Gasteiger partial charge in [-0.1, -0.05) is 25.4 Å². The van der Waals surface area contributed by atoms with Crippen LogP contribution in [0.2, 0.25) is 5.15 Å². The Morgan fingerprint density at radius 1 is 0.865 bits per heavy atom. The molecule has 52 heavy (non-hydrogen) atoms. The lowest BCUT2D eigenvalue weighted by molar-refractivity contribution is 0.598. The van der Waals surface area contributed by atoms with Gasteiger partial charge in [0.2, 0.25) is 0 Å². The van der Waals surface area contributed by atoms with Gasteiger partial charge >= 0.3 is 0 Å². The van der Waals surface area contributed by atoms with E-state index in [1.54, 1.807) is 10.9 Å². The van der Waals surface area contributed by atoms with Crippen LogP contribution in [-0.4, -0.2) is 53.9 Å². The second kappa shape index (κ2) is 13.9. The van der Waals surface area contributed by atoms with Crippen molar-refractivity contribution >= 4 is 28.3 Å². The Bertz CT molecular complexity index is 2380. The zero-order valence-corrected chi connectivity index (χ0v) is 31.5. The number of hydrogen-bond acceptors (Lipinski definition) is 9. The van der Waals surface area contributed by atoms with Gasteiger partial charge in [-0.2, -0.15) is 20.4 Å². The van der Waals surface area contributed by atoms with Gasteiger partial charge in [0.05, 0.1) is 51.4 Å². The maximum atomic E-state index is 6.29. The predicted octanol–water partition coefficient (Wildman–Crippen LogP) is 6.73. The van der Waals surface area contributed by atoms with Crippen LogP contribution in [0.25, 0.3) is 39.5 Å². The summed E-state index contributed by atoms with van der Waals surface area (Å²) in [5.41, 5.74) is 12.8. The summed E-state index contributed by atoms with van der Waals surface area (Å²) < 4.78 is 7.76. The number of pyridine rings is 2. The lowest BCUT2D eigenvalue weighted by Crippen LogP contribution is -2.03. The van der Waals surface area contributed by atoms with Crippen LogP contribution in [0.3, 0.4) is 0 Å². The second-order valence-corrected chi connectivity index (χ2v) is 14.7. The first kappa shape index (κ1) is 35.4. The Labute approximate surface area is 308 Å². The van der Waals surface area contributed by atoms with E-state index in [9.17, 15) is 0 Å². The summed E-state index contributed by atoms with van der Waals surface area (Å²) in [6.45, 7) is 14.6.